The number of hydrogen-bond donors (Lipinski definition) is 2. The number of hydrogen-bond acceptors (Lipinski definition) is 6. The summed E-state index contributed by atoms with van der Waals surface area (Å²) >= 11 is 0. The van der Waals surface area contributed by atoms with E-state index in [0.29, 0.717) is 41.9 Å². The van der Waals surface area contributed by atoms with Gasteiger partial charge < -0.3 is 20.1 Å². The van der Waals surface area contributed by atoms with E-state index in [1.54, 1.807) is 18.2 Å². The van der Waals surface area contributed by atoms with E-state index in [-0.39, 0.29) is 5.91 Å². The Labute approximate surface area is 140 Å². The van der Waals surface area contributed by atoms with Gasteiger partial charge in [-0.05, 0) is 18.6 Å². The number of benzene rings is 1. The van der Waals surface area contributed by atoms with Crippen LogP contribution in [0, 0.1) is 0 Å². The second-order valence-corrected chi connectivity index (χ2v) is 5.39. The molecule has 24 heavy (non-hydrogen) atoms. The van der Waals surface area contributed by atoms with Crippen LogP contribution in [0.25, 0.3) is 0 Å². The number of amides is 1. The number of nitrogens with one attached hydrogen (secondary N) is 2. The highest BCUT2D eigenvalue weighted by Crippen LogP contribution is 2.32. The highest BCUT2D eigenvalue weighted by Gasteiger charge is 2.13. The average molecular weight is 328 g/mol. The smallest absolute Gasteiger partial charge is 0.258 e. The van der Waals surface area contributed by atoms with E-state index in [2.05, 4.69) is 27.5 Å². The molecule has 0 bridgehead atoms. The van der Waals surface area contributed by atoms with Crippen LogP contribution in [0.5, 0.6) is 11.5 Å². The first kappa shape index (κ1) is 16.0. The fourth-order valence-corrected chi connectivity index (χ4v) is 2.24. The summed E-state index contributed by atoms with van der Waals surface area (Å²) in [5.41, 5.74) is 1.03. The first-order valence-electron chi connectivity index (χ1n) is 8.03. The molecule has 7 heteroatoms. The van der Waals surface area contributed by atoms with Crippen molar-refractivity contribution in [3.63, 3.8) is 0 Å². The number of carbonyl (C=O) groups excluding carboxylic acids is 1. The molecule has 0 saturated carbocycles. The highest BCUT2D eigenvalue weighted by atomic mass is 16.6. The van der Waals surface area contributed by atoms with Gasteiger partial charge in [0.15, 0.2) is 11.5 Å². The van der Waals surface area contributed by atoms with Crippen LogP contribution in [0.3, 0.4) is 0 Å². The summed E-state index contributed by atoms with van der Waals surface area (Å²) in [5.74, 6) is 1.57. The second kappa shape index (κ2) is 7.63. The monoisotopic (exact) mass is 328 g/mol. The molecule has 7 nitrogen and oxygen atoms in total. The maximum absolute atomic E-state index is 12.3. The Hall–Kier alpha value is -2.83. The molecular formula is C17H20N4O3. The fourth-order valence-electron chi connectivity index (χ4n) is 2.24. The first-order chi connectivity index (χ1) is 11.8. The Bertz CT molecular complexity index is 703. The van der Waals surface area contributed by atoms with Crippen LogP contribution in [0.4, 0.5) is 11.6 Å². The van der Waals surface area contributed by atoms with Gasteiger partial charge in [-0.1, -0.05) is 13.3 Å². The molecular weight excluding hydrogens is 308 g/mol. The minimum Gasteiger partial charge on any atom is -0.486 e. The fraction of sp³-hybridized carbons (Fsp3) is 0.353. The summed E-state index contributed by atoms with van der Waals surface area (Å²) < 4.78 is 11.0. The number of rotatable bonds is 6. The van der Waals surface area contributed by atoms with Crippen molar-refractivity contribution in [1.29, 1.82) is 0 Å². The van der Waals surface area contributed by atoms with Crippen molar-refractivity contribution in [2.75, 3.05) is 30.4 Å². The van der Waals surface area contributed by atoms with Gasteiger partial charge in [0.25, 0.3) is 5.91 Å². The van der Waals surface area contributed by atoms with Crippen LogP contribution >= 0.6 is 0 Å². The molecule has 1 aliphatic heterocycles. The van der Waals surface area contributed by atoms with Gasteiger partial charge in [0.05, 0.1) is 5.56 Å². The number of nitrogens with zero attached hydrogens (tertiary/aromatic N) is 2. The molecule has 0 radical (unpaired) electrons. The molecule has 2 heterocycles. The molecule has 0 atom stereocenters. The highest BCUT2D eigenvalue weighted by molar-refractivity contribution is 6.04. The van der Waals surface area contributed by atoms with Gasteiger partial charge in [0, 0.05) is 30.7 Å². The third kappa shape index (κ3) is 3.92. The molecule has 2 aromatic rings. The van der Waals surface area contributed by atoms with Gasteiger partial charge in [-0.2, -0.15) is 0 Å². The zero-order chi connectivity index (χ0) is 16.8. The van der Waals surface area contributed by atoms with E-state index >= 15 is 0 Å². The summed E-state index contributed by atoms with van der Waals surface area (Å²) in [5, 5.41) is 5.92. The quantitative estimate of drug-likeness (QED) is 0.793. The van der Waals surface area contributed by atoms with Gasteiger partial charge >= 0.3 is 0 Å². The maximum Gasteiger partial charge on any atom is 0.258 e. The zero-order valence-electron chi connectivity index (χ0n) is 13.5. The minimum absolute atomic E-state index is 0.271. The molecule has 3 rings (SSSR count). The predicted molar refractivity (Wildman–Crippen MR) is 90.8 cm³/mol. The van der Waals surface area contributed by atoms with Gasteiger partial charge in [-0.15, -0.1) is 0 Å². The molecule has 1 aromatic carbocycles. The maximum atomic E-state index is 12.3. The number of fused-ring (bicyclic) bond motifs is 1. The molecule has 0 spiro atoms. The van der Waals surface area contributed by atoms with Gasteiger partial charge in [0.2, 0.25) is 5.95 Å². The van der Waals surface area contributed by atoms with Gasteiger partial charge in [-0.25, -0.2) is 9.97 Å². The second-order valence-electron chi connectivity index (χ2n) is 5.39. The largest absolute Gasteiger partial charge is 0.486 e. The Kier molecular flexibility index (Phi) is 5.10. The number of aromatic nitrogens is 2. The molecule has 0 aliphatic carbocycles. The van der Waals surface area contributed by atoms with E-state index in [0.717, 1.165) is 19.4 Å². The van der Waals surface area contributed by atoms with Crippen LogP contribution in [0.2, 0.25) is 0 Å². The standard InChI is InChI=1S/C17H20N4O3/c1-2-3-6-18-17-19-10-12(11-20-17)16(22)21-13-4-5-14-15(9-13)24-8-7-23-14/h4-5,9-11H,2-3,6-8H2,1H3,(H,21,22)(H,18,19,20). The third-order valence-corrected chi connectivity index (χ3v) is 3.53. The Morgan fingerprint density at radius 1 is 1.17 bits per heavy atom. The van der Waals surface area contributed by atoms with E-state index in [4.69, 9.17) is 9.47 Å². The van der Waals surface area contributed by atoms with Crippen LogP contribution in [0.1, 0.15) is 30.1 Å². The Balaban J connectivity index is 1.62. The SMILES string of the molecule is CCCCNc1ncc(C(=O)Nc2ccc3c(c2)OCCO3)cn1. The molecule has 0 fully saturated rings. The summed E-state index contributed by atoms with van der Waals surface area (Å²) in [6, 6.07) is 5.29. The van der Waals surface area contributed by atoms with Crippen LogP contribution < -0.4 is 20.1 Å². The summed E-state index contributed by atoms with van der Waals surface area (Å²) in [7, 11) is 0. The van der Waals surface area contributed by atoms with Crippen LogP contribution in [-0.4, -0.2) is 35.6 Å². The van der Waals surface area contributed by atoms with Crippen LogP contribution in [0.15, 0.2) is 30.6 Å². The van der Waals surface area contributed by atoms with Crippen molar-refractivity contribution in [2.24, 2.45) is 0 Å². The van der Waals surface area contributed by atoms with E-state index < -0.39 is 0 Å². The first-order valence-corrected chi connectivity index (χ1v) is 8.03. The lowest BCUT2D eigenvalue weighted by molar-refractivity contribution is 0.102. The van der Waals surface area contributed by atoms with Crippen LogP contribution in [-0.2, 0) is 0 Å². The molecule has 0 unspecified atom stereocenters. The Morgan fingerprint density at radius 3 is 2.67 bits per heavy atom. The molecule has 126 valence electrons. The summed E-state index contributed by atoms with van der Waals surface area (Å²) in [6.07, 6.45) is 5.17. The number of carbonyl (C=O) groups is 1. The molecule has 1 aromatic heterocycles. The van der Waals surface area contributed by atoms with Crippen molar-refractivity contribution in [2.45, 2.75) is 19.8 Å². The van der Waals surface area contributed by atoms with Crippen molar-refractivity contribution in [3.05, 3.63) is 36.2 Å². The van der Waals surface area contributed by atoms with Crippen molar-refractivity contribution >= 4 is 17.5 Å². The number of ether oxygens (including phenoxy) is 2. The lowest BCUT2D eigenvalue weighted by atomic mass is 10.2. The molecule has 1 amide bonds. The zero-order valence-corrected chi connectivity index (χ0v) is 13.5. The predicted octanol–water partition coefficient (Wildman–Crippen LogP) is 2.71. The summed E-state index contributed by atoms with van der Waals surface area (Å²) in [4.78, 5) is 20.6. The average Bonchev–Trinajstić information content (AvgIpc) is 2.62. The van der Waals surface area contributed by atoms with Gasteiger partial charge in [0.1, 0.15) is 13.2 Å². The number of anilines is 2. The van der Waals surface area contributed by atoms with Gasteiger partial charge in [-0.3, -0.25) is 4.79 Å². The van der Waals surface area contributed by atoms with E-state index in [9.17, 15) is 4.79 Å². The normalized spacial score (nSPS) is 12.5. The summed E-state index contributed by atoms with van der Waals surface area (Å²) in [6.45, 7) is 3.98. The Morgan fingerprint density at radius 2 is 1.92 bits per heavy atom. The molecule has 1 aliphatic rings. The third-order valence-electron chi connectivity index (χ3n) is 3.53. The number of unbranched alkanes of at least 4 members (excludes halogenated alkanes) is 1. The lowest BCUT2D eigenvalue weighted by Crippen LogP contribution is -2.17. The van der Waals surface area contributed by atoms with E-state index in [1.807, 2.05) is 0 Å². The van der Waals surface area contributed by atoms with Crippen molar-refractivity contribution in [3.8, 4) is 11.5 Å². The van der Waals surface area contributed by atoms with Crippen molar-refractivity contribution < 1.29 is 14.3 Å². The topological polar surface area (TPSA) is 85.4 Å². The van der Waals surface area contributed by atoms with E-state index in [1.165, 1.54) is 12.4 Å². The molecule has 0 saturated heterocycles. The minimum atomic E-state index is -0.271. The van der Waals surface area contributed by atoms with Crippen molar-refractivity contribution in [1.82, 2.24) is 9.97 Å². The molecule has 2 N–H and O–H groups in total. The lowest BCUT2D eigenvalue weighted by Gasteiger charge is -2.19.